The predicted molar refractivity (Wildman–Crippen MR) is 75.1 cm³/mol. The summed E-state index contributed by atoms with van der Waals surface area (Å²) in [7, 11) is 0. The summed E-state index contributed by atoms with van der Waals surface area (Å²) in [5.74, 6) is 0.292. The Morgan fingerprint density at radius 2 is 2.00 bits per heavy atom. The highest BCUT2D eigenvalue weighted by atomic mass is 16.6. The van der Waals surface area contributed by atoms with Gasteiger partial charge < -0.3 is 14.5 Å². The molecule has 0 unspecified atom stereocenters. The van der Waals surface area contributed by atoms with E-state index in [0.29, 0.717) is 24.7 Å². The quantitative estimate of drug-likeness (QED) is 0.652. The summed E-state index contributed by atoms with van der Waals surface area (Å²) < 4.78 is 10.5. The second-order valence-corrected chi connectivity index (χ2v) is 4.16. The van der Waals surface area contributed by atoms with Gasteiger partial charge in [0.15, 0.2) is 5.76 Å². The number of rotatable bonds is 6. The maximum Gasteiger partial charge on any atom is 0.291 e. The van der Waals surface area contributed by atoms with Crippen molar-refractivity contribution < 1.29 is 18.9 Å². The maximum atomic E-state index is 11.9. The summed E-state index contributed by atoms with van der Waals surface area (Å²) in [6.45, 7) is 2.73. The number of amides is 1. The average molecular weight is 290 g/mol. The summed E-state index contributed by atoms with van der Waals surface area (Å²) in [5.41, 5.74) is 0.415. The van der Waals surface area contributed by atoms with Gasteiger partial charge >= 0.3 is 0 Å². The molecule has 0 saturated carbocycles. The Balaban J connectivity index is 2.00. The number of ether oxygens (including phenoxy) is 1. The van der Waals surface area contributed by atoms with Gasteiger partial charge in [0.05, 0.1) is 4.92 Å². The topological polar surface area (TPSA) is 94.6 Å². The number of nitrogens with one attached hydrogen (secondary N) is 1. The van der Waals surface area contributed by atoms with Crippen LogP contribution >= 0.6 is 0 Å². The Morgan fingerprint density at radius 3 is 2.62 bits per heavy atom. The molecule has 0 bridgehead atoms. The molecule has 0 saturated heterocycles. The van der Waals surface area contributed by atoms with E-state index in [0.717, 1.165) is 0 Å². The standard InChI is InChI=1S/C14H14N2O5/c1-2-20-9-12-7-8-13(21-12)14(17)15-10-3-5-11(6-4-10)16(18)19/h3-8H,2,9H2,1H3,(H,15,17). The third kappa shape index (κ3) is 3.90. The van der Waals surface area contributed by atoms with Gasteiger partial charge in [-0.3, -0.25) is 14.9 Å². The van der Waals surface area contributed by atoms with Crippen LogP contribution in [0.1, 0.15) is 23.2 Å². The Kier molecular flexibility index (Phi) is 4.68. The molecule has 1 aromatic carbocycles. The van der Waals surface area contributed by atoms with E-state index in [1.54, 1.807) is 12.1 Å². The van der Waals surface area contributed by atoms with E-state index in [4.69, 9.17) is 9.15 Å². The minimum absolute atomic E-state index is 0.0370. The van der Waals surface area contributed by atoms with Gasteiger partial charge in [0, 0.05) is 24.4 Å². The van der Waals surface area contributed by atoms with Gasteiger partial charge in [0.25, 0.3) is 11.6 Å². The van der Waals surface area contributed by atoms with Crippen molar-refractivity contribution in [1.29, 1.82) is 0 Å². The summed E-state index contributed by atoms with van der Waals surface area (Å²) in [5, 5.41) is 13.1. The number of furan rings is 1. The second kappa shape index (κ2) is 6.67. The summed E-state index contributed by atoms with van der Waals surface area (Å²) in [4.78, 5) is 22.0. The zero-order chi connectivity index (χ0) is 15.2. The highest BCUT2D eigenvalue weighted by molar-refractivity contribution is 6.02. The van der Waals surface area contributed by atoms with Crippen molar-refractivity contribution in [2.75, 3.05) is 11.9 Å². The van der Waals surface area contributed by atoms with Gasteiger partial charge in [-0.15, -0.1) is 0 Å². The van der Waals surface area contributed by atoms with Gasteiger partial charge in [-0.05, 0) is 31.2 Å². The maximum absolute atomic E-state index is 11.9. The van der Waals surface area contributed by atoms with E-state index in [2.05, 4.69) is 5.32 Å². The van der Waals surface area contributed by atoms with E-state index in [-0.39, 0.29) is 11.4 Å². The molecule has 1 amide bonds. The minimum atomic E-state index is -0.502. The van der Waals surface area contributed by atoms with Crippen LogP contribution in [0.25, 0.3) is 0 Å². The number of nitro benzene ring substituents is 1. The molecule has 0 fully saturated rings. The van der Waals surface area contributed by atoms with Crippen molar-refractivity contribution in [3.8, 4) is 0 Å². The monoisotopic (exact) mass is 290 g/mol. The highest BCUT2D eigenvalue weighted by Crippen LogP contribution is 2.17. The van der Waals surface area contributed by atoms with E-state index in [1.165, 1.54) is 24.3 Å². The average Bonchev–Trinajstić information content (AvgIpc) is 2.94. The van der Waals surface area contributed by atoms with Crippen molar-refractivity contribution in [3.63, 3.8) is 0 Å². The number of carbonyl (C=O) groups is 1. The lowest BCUT2D eigenvalue weighted by atomic mass is 10.3. The molecule has 0 aliphatic carbocycles. The van der Waals surface area contributed by atoms with Crippen LogP contribution in [0.5, 0.6) is 0 Å². The van der Waals surface area contributed by atoms with E-state index in [1.807, 2.05) is 6.92 Å². The van der Waals surface area contributed by atoms with Crippen molar-refractivity contribution in [2.45, 2.75) is 13.5 Å². The molecule has 0 radical (unpaired) electrons. The minimum Gasteiger partial charge on any atom is -0.453 e. The first kappa shape index (κ1) is 14.7. The Labute approximate surface area is 120 Å². The summed E-state index contributed by atoms with van der Waals surface area (Å²) in [6.07, 6.45) is 0. The molecule has 7 nitrogen and oxygen atoms in total. The van der Waals surface area contributed by atoms with E-state index in [9.17, 15) is 14.9 Å². The van der Waals surface area contributed by atoms with Gasteiger partial charge in [-0.2, -0.15) is 0 Å². The van der Waals surface area contributed by atoms with Gasteiger partial charge in [0.2, 0.25) is 0 Å². The zero-order valence-electron chi connectivity index (χ0n) is 11.4. The number of benzene rings is 1. The third-order valence-electron chi connectivity index (χ3n) is 2.67. The Morgan fingerprint density at radius 1 is 1.29 bits per heavy atom. The normalized spacial score (nSPS) is 10.3. The molecule has 7 heteroatoms. The molecule has 1 N–H and O–H groups in total. The lowest BCUT2D eigenvalue weighted by Crippen LogP contribution is -2.10. The number of nitrogens with zero attached hydrogens (tertiary/aromatic N) is 1. The number of nitro groups is 1. The molecular formula is C14H14N2O5. The lowest BCUT2D eigenvalue weighted by Gasteiger charge is -2.02. The molecule has 0 spiro atoms. The van der Waals surface area contributed by atoms with Crippen LogP contribution in [-0.4, -0.2) is 17.4 Å². The molecule has 0 aliphatic heterocycles. The second-order valence-electron chi connectivity index (χ2n) is 4.16. The SMILES string of the molecule is CCOCc1ccc(C(=O)Nc2ccc([N+](=O)[O-])cc2)o1. The molecule has 2 aromatic rings. The first-order valence-electron chi connectivity index (χ1n) is 6.32. The number of carbonyl (C=O) groups excluding carboxylic acids is 1. The van der Waals surface area contributed by atoms with Crippen LogP contribution in [0.3, 0.4) is 0 Å². The molecule has 0 aliphatic rings. The van der Waals surface area contributed by atoms with E-state index < -0.39 is 10.8 Å². The number of hydrogen-bond acceptors (Lipinski definition) is 5. The highest BCUT2D eigenvalue weighted by Gasteiger charge is 2.12. The van der Waals surface area contributed by atoms with Crippen molar-refractivity contribution in [3.05, 3.63) is 58.0 Å². The van der Waals surface area contributed by atoms with Crippen LogP contribution in [0.4, 0.5) is 11.4 Å². The summed E-state index contributed by atoms with van der Waals surface area (Å²) in [6, 6.07) is 8.77. The lowest BCUT2D eigenvalue weighted by molar-refractivity contribution is -0.384. The van der Waals surface area contributed by atoms with E-state index >= 15 is 0 Å². The van der Waals surface area contributed by atoms with Gasteiger partial charge in [-0.1, -0.05) is 0 Å². The molecular weight excluding hydrogens is 276 g/mol. The first-order chi connectivity index (χ1) is 10.1. The van der Waals surface area contributed by atoms with Gasteiger partial charge in [0.1, 0.15) is 12.4 Å². The van der Waals surface area contributed by atoms with Crippen molar-refractivity contribution in [2.24, 2.45) is 0 Å². The molecule has 1 heterocycles. The Bertz CT molecular complexity index is 633. The predicted octanol–water partition coefficient (Wildman–Crippen LogP) is 2.98. The molecule has 2 rings (SSSR count). The summed E-state index contributed by atoms with van der Waals surface area (Å²) >= 11 is 0. The number of non-ortho nitro benzene ring substituents is 1. The number of anilines is 1. The molecule has 0 atom stereocenters. The van der Waals surface area contributed by atoms with Crippen LogP contribution in [0.15, 0.2) is 40.8 Å². The largest absolute Gasteiger partial charge is 0.453 e. The fourth-order valence-electron chi connectivity index (χ4n) is 1.64. The smallest absolute Gasteiger partial charge is 0.291 e. The van der Waals surface area contributed by atoms with Crippen molar-refractivity contribution >= 4 is 17.3 Å². The Hall–Kier alpha value is -2.67. The van der Waals surface area contributed by atoms with Crippen molar-refractivity contribution in [1.82, 2.24) is 0 Å². The first-order valence-corrected chi connectivity index (χ1v) is 6.32. The van der Waals surface area contributed by atoms with Gasteiger partial charge in [-0.25, -0.2) is 0 Å². The molecule has 1 aromatic heterocycles. The fraction of sp³-hybridized carbons (Fsp3) is 0.214. The molecule has 21 heavy (non-hydrogen) atoms. The van der Waals surface area contributed by atoms with Crippen LogP contribution in [0.2, 0.25) is 0 Å². The molecule has 110 valence electrons. The number of hydrogen-bond donors (Lipinski definition) is 1. The van der Waals surface area contributed by atoms with Crippen LogP contribution < -0.4 is 5.32 Å². The van der Waals surface area contributed by atoms with Crippen LogP contribution in [0, 0.1) is 10.1 Å². The van der Waals surface area contributed by atoms with Crippen LogP contribution in [-0.2, 0) is 11.3 Å². The fourth-order valence-corrected chi connectivity index (χ4v) is 1.64. The zero-order valence-corrected chi connectivity index (χ0v) is 11.4. The third-order valence-corrected chi connectivity index (χ3v) is 2.67.